The highest BCUT2D eigenvalue weighted by Gasteiger charge is 2.10. The van der Waals surface area contributed by atoms with Gasteiger partial charge < -0.3 is 14.8 Å². The molecule has 122 valence electrons. The predicted molar refractivity (Wildman–Crippen MR) is 93.1 cm³/mol. The average Bonchev–Trinajstić information content (AvgIpc) is 2.58. The fourth-order valence-electron chi connectivity index (χ4n) is 2.37. The summed E-state index contributed by atoms with van der Waals surface area (Å²) in [5, 5.41) is 3.43. The Bertz CT molecular complexity index is 569. The Morgan fingerprint density at radius 2 is 1.61 bits per heavy atom. The van der Waals surface area contributed by atoms with Crippen LogP contribution in [0.5, 0.6) is 0 Å². The minimum absolute atomic E-state index is 0.0443. The monoisotopic (exact) mass is 311 g/mol. The lowest BCUT2D eigenvalue weighted by Crippen LogP contribution is -2.29. The molecular weight excluding hydrogens is 286 g/mol. The van der Waals surface area contributed by atoms with Crippen LogP contribution in [0.25, 0.3) is 0 Å². The normalized spacial score (nSPS) is 12.0. The van der Waals surface area contributed by atoms with Gasteiger partial charge in [0.15, 0.2) is 0 Å². The van der Waals surface area contributed by atoms with E-state index in [1.807, 2.05) is 36.4 Å². The molecule has 0 aliphatic carbocycles. The fourth-order valence-corrected chi connectivity index (χ4v) is 2.37. The van der Waals surface area contributed by atoms with Gasteiger partial charge in [0.25, 0.3) is 0 Å². The van der Waals surface area contributed by atoms with E-state index in [9.17, 15) is 4.79 Å². The van der Waals surface area contributed by atoms with Gasteiger partial charge in [-0.1, -0.05) is 60.7 Å². The Hall–Kier alpha value is -1.97. The quantitative estimate of drug-likeness (QED) is 0.726. The first kappa shape index (κ1) is 17.4. The Kier molecular flexibility index (Phi) is 7.50. The van der Waals surface area contributed by atoms with Gasteiger partial charge >= 0.3 is 0 Å². The topological polar surface area (TPSA) is 38.3 Å². The highest BCUT2D eigenvalue weighted by Crippen LogP contribution is 2.08. The van der Waals surface area contributed by atoms with Crippen molar-refractivity contribution in [2.24, 2.45) is 0 Å². The summed E-state index contributed by atoms with van der Waals surface area (Å²) in [6.45, 7) is 3.77. The van der Waals surface area contributed by atoms with Gasteiger partial charge in [-0.3, -0.25) is 0 Å². The van der Waals surface area contributed by atoms with E-state index in [0.29, 0.717) is 13.0 Å². The molecule has 3 nitrogen and oxygen atoms in total. The van der Waals surface area contributed by atoms with Crippen molar-refractivity contribution >= 4 is 5.78 Å². The SMILES string of the molecule is CC(=O)CCC(CNCc1ccccc1)OCc1ccccc1. The number of hydrogen-bond donors (Lipinski definition) is 1. The third kappa shape index (κ3) is 7.22. The zero-order chi connectivity index (χ0) is 16.3. The van der Waals surface area contributed by atoms with E-state index in [1.54, 1.807) is 6.92 Å². The summed E-state index contributed by atoms with van der Waals surface area (Å²) >= 11 is 0. The van der Waals surface area contributed by atoms with Gasteiger partial charge in [-0.15, -0.1) is 0 Å². The molecule has 0 spiro atoms. The van der Waals surface area contributed by atoms with Crippen LogP contribution in [0.4, 0.5) is 0 Å². The van der Waals surface area contributed by atoms with Gasteiger partial charge in [-0.2, -0.15) is 0 Å². The lowest BCUT2D eigenvalue weighted by Gasteiger charge is -2.18. The fraction of sp³-hybridized carbons (Fsp3) is 0.350. The standard InChI is InChI=1S/C20H25NO2/c1-17(22)12-13-20(23-16-19-10-6-3-7-11-19)15-21-14-18-8-4-2-5-9-18/h2-11,20-21H,12-16H2,1H3. The number of ether oxygens (including phenoxy) is 1. The van der Waals surface area contributed by atoms with Crippen molar-refractivity contribution in [2.45, 2.75) is 39.0 Å². The van der Waals surface area contributed by atoms with Gasteiger partial charge in [0.05, 0.1) is 12.7 Å². The highest BCUT2D eigenvalue weighted by molar-refractivity contribution is 5.75. The molecule has 1 atom stereocenters. The molecule has 1 N–H and O–H groups in total. The van der Waals surface area contributed by atoms with Crippen LogP contribution in [-0.4, -0.2) is 18.4 Å². The number of rotatable bonds is 10. The van der Waals surface area contributed by atoms with E-state index in [0.717, 1.165) is 25.1 Å². The molecule has 2 aromatic carbocycles. The second-order valence-electron chi connectivity index (χ2n) is 5.78. The van der Waals surface area contributed by atoms with Crippen LogP contribution >= 0.6 is 0 Å². The van der Waals surface area contributed by atoms with E-state index in [1.165, 1.54) is 5.56 Å². The molecule has 0 bridgehead atoms. The molecule has 0 saturated carbocycles. The first-order valence-electron chi connectivity index (χ1n) is 8.13. The zero-order valence-corrected chi connectivity index (χ0v) is 13.7. The molecule has 0 aromatic heterocycles. The number of ketones is 1. The summed E-state index contributed by atoms with van der Waals surface area (Å²) in [6.07, 6.45) is 1.36. The largest absolute Gasteiger partial charge is 0.372 e. The lowest BCUT2D eigenvalue weighted by atomic mass is 10.1. The van der Waals surface area contributed by atoms with Crippen molar-refractivity contribution in [3.8, 4) is 0 Å². The van der Waals surface area contributed by atoms with Crippen LogP contribution in [0, 0.1) is 0 Å². The molecule has 0 fully saturated rings. The minimum Gasteiger partial charge on any atom is -0.372 e. The second kappa shape index (κ2) is 9.93. The Morgan fingerprint density at radius 1 is 1.00 bits per heavy atom. The van der Waals surface area contributed by atoms with Crippen molar-refractivity contribution in [2.75, 3.05) is 6.54 Å². The lowest BCUT2D eigenvalue weighted by molar-refractivity contribution is -0.117. The summed E-state index contributed by atoms with van der Waals surface area (Å²) in [7, 11) is 0. The molecule has 0 aliphatic rings. The van der Waals surface area contributed by atoms with Crippen LogP contribution in [0.15, 0.2) is 60.7 Å². The van der Waals surface area contributed by atoms with E-state index in [4.69, 9.17) is 4.74 Å². The number of carbonyl (C=O) groups is 1. The van der Waals surface area contributed by atoms with E-state index >= 15 is 0 Å². The number of nitrogens with one attached hydrogen (secondary N) is 1. The van der Waals surface area contributed by atoms with Crippen LogP contribution in [0.2, 0.25) is 0 Å². The van der Waals surface area contributed by atoms with Crippen LogP contribution in [-0.2, 0) is 22.7 Å². The first-order valence-corrected chi connectivity index (χ1v) is 8.13. The smallest absolute Gasteiger partial charge is 0.129 e. The van der Waals surface area contributed by atoms with Crippen molar-refractivity contribution < 1.29 is 9.53 Å². The molecule has 2 aromatic rings. The number of Topliss-reactive ketones (excluding diaryl/α,β-unsaturated/α-hetero) is 1. The Balaban J connectivity index is 1.79. The minimum atomic E-state index is 0.0443. The molecule has 0 radical (unpaired) electrons. The number of benzene rings is 2. The Labute approximate surface area is 138 Å². The van der Waals surface area contributed by atoms with Gasteiger partial charge in [0.1, 0.15) is 5.78 Å². The molecule has 23 heavy (non-hydrogen) atoms. The van der Waals surface area contributed by atoms with Crippen molar-refractivity contribution in [1.82, 2.24) is 5.32 Å². The average molecular weight is 311 g/mol. The predicted octanol–water partition coefficient (Wildman–Crippen LogP) is 3.73. The summed E-state index contributed by atoms with van der Waals surface area (Å²) in [6, 6.07) is 20.4. The van der Waals surface area contributed by atoms with Crippen molar-refractivity contribution in [3.63, 3.8) is 0 Å². The molecule has 2 rings (SSSR count). The first-order chi connectivity index (χ1) is 11.2. The van der Waals surface area contributed by atoms with Crippen LogP contribution in [0.1, 0.15) is 30.9 Å². The summed E-state index contributed by atoms with van der Waals surface area (Å²) < 4.78 is 6.00. The van der Waals surface area contributed by atoms with Gasteiger partial charge in [0.2, 0.25) is 0 Å². The van der Waals surface area contributed by atoms with E-state index < -0.39 is 0 Å². The Morgan fingerprint density at radius 3 is 2.22 bits per heavy atom. The third-order valence-electron chi connectivity index (χ3n) is 3.69. The van der Waals surface area contributed by atoms with Gasteiger partial charge in [0, 0.05) is 19.5 Å². The molecule has 0 aliphatic heterocycles. The molecule has 0 amide bonds. The maximum absolute atomic E-state index is 11.2. The summed E-state index contributed by atoms with van der Waals surface area (Å²) in [5.41, 5.74) is 2.41. The molecule has 3 heteroatoms. The molecule has 0 saturated heterocycles. The van der Waals surface area contributed by atoms with Crippen LogP contribution < -0.4 is 5.32 Å². The maximum atomic E-state index is 11.2. The summed E-state index contributed by atoms with van der Waals surface area (Å²) in [5.74, 6) is 0.210. The summed E-state index contributed by atoms with van der Waals surface area (Å²) in [4.78, 5) is 11.2. The van der Waals surface area contributed by atoms with E-state index in [2.05, 4.69) is 29.6 Å². The van der Waals surface area contributed by atoms with Gasteiger partial charge in [-0.25, -0.2) is 0 Å². The zero-order valence-electron chi connectivity index (χ0n) is 13.7. The molecule has 0 heterocycles. The van der Waals surface area contributed by atoms with Gasteiger partial charge in [-0.05, 0) is 24.5 Å². The van der Waals surface area contributed by atoms with Crippen LogP contribution in [0.3, 0.4) is 0 Å². The van der Waals surface area contributed by atoms with Crippen molar-refractivity contribution in [1.29, 1.82) is 0 Å². The second-order valence-corrected chi connectivity index (χ2v) is 5.78. The number of hydrogen-bond acceptors (Lipinski definition) is 3. The third-order valence-corrected chi connectivity index (χ3v) is 3.69. The number of carbonyl (C=O) groups excluding carboxylic acids is 1. The molecule has 1 unspecified atom stereocenters. The van der Waals surface area contributed by atoms with Crippen molar-refractivity contribution in [3.05, 3.63) is 71.8 Å². The van der Waals surface area contributed by atoms with E-state index in [-0.39, 0.29) is 11.9 Å². The maximum Gasteiger partial charge on any atom is 0.129 e. The molecular formula is C20H25NO2. The highest BCUT2D eigenvalue weighted by atomic mass is 16.5.